The van der Waals surface area contributed by atoms with Crippen molar-refractivity contribution in [2.24, 2.45) is 0 Å². The molecule has 7 heteroatoms. The van der Waals surface area contributed by atoms with Crippen LogP contribution in [0.3, 0.4) is 0 Å². The summed E-state index contributed by atoms with van der Waals surface area (Å²) in [4.78, 5) is 22.8. The highest BCUT2D eigenvalue weighted by molar-refractivity contribution is 5.77. The fraction of sp³-hybridized carbons (Fsp3) is 0.556. The number of nitrogens with one attached hydrogen (secondary N) is 1. The second kappa shape index (κ2) is 9.15. The lowest BCUT2D eigenvalue weighted by atomic mass is 9.98. The van der Waals surface area contributed by atoms with Gasteiger partial charge in [-0.2, -0.15) is 0 Å². The number of rotatable bonds is 10. The molecule has 0 fully saturated rings. The maximum Gasteiger partial charge on any atom is 0.303 e. The first kappa shape index (κ1) is 20.6. The van der Waals surface area contributed by atoms with Gasteiger partial charge in [-0.3, -0.25) is 9.59 Å². The number of ether oxygens (including phenoxy) is 3. The molecule has 140 valence electrons. The first-order valence-corrected chi connectivity index (χ1v) is 8.04. The van der Waals surface area contributed by atoms with Crippen LogP contribution in [0.1, 0.15) is 38.7 Å². The first-order chi connectivity index (χ1) is 11.7. The molecular weight excluding hydrogens is 326 g/mol. The summed E-state index contributed by atoms with van der Waals surface area (Å²) in [7, 11) is 4.62. The van der Waals surface area contributed by atoms with Gasteiger partial charge in [0.05, 0.1) is 21.3 Å². The van der Waals surface area contributed by atoms with Crippen LogP contribution in [0.5, 0.6) is 17.2 Å². The molecular formula is C18H27NO6. The smallest absolute Gasteiger partial charge is 0.303 e. The molecule has 1 aromatic rings. The van der Waals surface area contributed by atoms with Gasteiger partial charge in [0, 0.05) is 18.4 Å². The van der Waals surface area contributed by atoms with Gasteiger partial charge in [-0.25, -0.2) is 0 Å². The number of methoxy groups -OCH3 is 3. The van der Waals surface area contributed by atoms with E-state index in [9.17, 15) is 9.59 Å². The molecule has 1 amide bonds. The zero-order valence-corrected chi connectivity index (χ0v) is 15.5. The van der Waals surface area contributed by atoms with Crippen molar-refractivity contribution in [3.63, 3.8) is 0 Å². The number of hydrogen-bond donors (Lipinski definition) is 2. The summed E-state index contributed by atoms with van der Waals surface area (Å²) in [5.41, 5.74) is 0.318. The Morgan fingerprint density at radius 1 is 1.04 bits per heavy atom. The number of amides is 1. The summed E-state index contributed by atoms with van der Waals surface area (Å²) >= 11 is 0. The zero-order valence-electron chi connectivity index (χ0n) is 15.5. The molecule has 2 N–H and O–H groups in total. The molecule has 0 atom stereocenters. The fourth-order valence-electron chi connectivity index (χ4n) is 2.46. The molecule has 0 aromatic heterocycles. The third-order valence-corrected chi connectivity index (χ3v) is 3.81. The Hall–Kier alpha value is -2.44. The number of hydrogen-bond acceptors (Lipinski definition) is 5. The van der Waals surface area contributed by atoms with E-state index in [0.29, 0.717) is 30.1 Å². The number of carbonyl (C=O) groups excluding carboxylic acids is 1. The molecule has 0 heterocycles. The van der Waals surface area contributed by atoms with Crippen molar-refractivity contribution in [2.75, 3.05) is 21.3 Å². The zero-order chi connectivity index (χ0) is 19.0. The Labute approximate surface area is 148 Å². The lowest BCUT2D eigenvalue weighted by molar-refractivity contribution is -0.137. The molecule has 25 heavy (non-hydrogen) atoms. The summed E-state index contributed by atoms with van der Waals surface area (Å²) in [6, 6.07) is 3.62. The highest BCUT2D eigenvalue weighted by Gasteiger charge is 2.21. The number of aliphatic carboxylic acids is 1. The minimum absolute atomic E-state index is 0.0140. The van der Waals surface area contributed by atoms with Crippen molar-refractivity contribution >= 4 is 11.9 Å². The Kier molecular flexibility index (Phi) is 7.54. The van der Waals surface area contributed by atoms with Gasteiger partial charge in [-0.15, -0.1) is 0 Å². The lowest BCUT2D eigenvalue weighted by Gasteiger charge is -2.25. The van der Waals surface area contributed by atoms with Crippen LogP contribution < -0.4 is 19.5 Å². The number of aryl methyl sites for hydroxylation is 1. The average Bonchev–Trinajstić information content (AvgIpc) is 2.56. The summed E-state index contributed by atoms with van der Waals surface area (Å²) < 4.78 is 15.9. The van der Waals surface area contributed by atoms with Crippen LogP contribution in [-0.2, 0) is 16.0 Å². The summed E-state index contributed by atoms with van der Waals surface area (Å²) in [5, 5.41) is 11.6. The van der Waals surface area contributed by atoms with Crippen LogP contribution in [0.15, 0.2) is 12.1 Å². The molecule has 0 unspecified atom stereocenters. The van der Waals surface area contributed by atoms with Crippen LogP contribution >= 0.6 is 0 Å². The molecule has 0 saturated heterocycles. The Balaban J connectivity index is 2.71. The molecule has 0 saturated carbocycles. The van der Waals surface area contributed by atoms with Crippen molar-refractivity contribution in [1.82, 2.24) is 5.32 Å². The average molecular weight is 353 g/mol. The Morgan fingerprint density at radius 3 is 2.04 bits per heavy atom. The number of carbonyl (C=O) groups is 2. The topological polar surface area (TPSA) is 94.1 Å². The standard InChI is InChI=1S/C18H27NO6/c1-18(2,9-8-16(21)22)19-15(20)7-6-12-10-13(23-3)17(25-5)14(11-12)24-4/h10-11H,6-9H2,1-5H3,(H,19,20)(H,21,22). The van der Waals surface area contributed by atoms with E-state index in [1.54, 1.807) is 14.2 Å². The van der Waals surface area contributed by atoms with Crippen molar-refractivity contribution in [3.05, 3.63) is 17.7 Å². The predicted molar refractivity (Wildman–Crippen MR) is 93.5 cm³/mol. The Bertz CT molecular complexity index is 587. The molecule has 0 aliphatic rings. The second-order valence-corrected chi connectivity index (χ2v) is 6.36. The van der Waals surface area contributed by atoms with E-state index >= 15 is 0 Å². The molecule has 1 aromatic carbocycles. The number of carboxylic acids is 1. The van der Waals surface area contributed by atoms with E-state index < -0.39 is 11.5 Å². The van der Waals surface area contributed by atoms with E-state index in [4.69, 9.17) is 19.3 Å². The van der Waals surface area contributed by atoms with Gasteiger partial charge in [-0.1, -0.05) is 0 Å². The van der Waals surface area contributed by atoms with Crippen molar-refractivity contribution < 1.29 is 28.9 Å². The van der Waals surface area contributed by atoms with Gasteiger partial charge in [0.1, 0.15) is 0 Å². The monoisotopic (exact) mass is 353 g/mol. The third-order valence-electron chi connectivity index (χ3n) is 3.81. The summed E-state index contributed by atoms with van der Waals surface area (Å²) in [6.07, 6.45) is 1.16. The molecule has 0 aliphatic heterocycles. The van der Waals surface area contributed by atoms with E-state index in [1.807, 2.05) is 26.0 Å². The summed E-state index contributed by atoms with van der Waals surface area (Å²) in [6.45, 7) is 3.63. The van der Waals surface area contributed by atoms with Crippen LogP contribution in [-0.4, -0.2) is 43.9 Å². The predicted octanol–water partition coefficient (Wildman–Crippen LogP) is 2.40. The maximum absolute atomic E-state index is 12.2. The fourth-order valence-corrected chi connectivity index (χ4v) is 2.46. The quantitative estimate of drug-likeness (QED) is 0.671. The van der Waals surface area contributed by atoms with Crippen molar-refractivity contribution in [2.45, 2.75) is 45.1 Å². The maximum atomic E-state index is 12.2. The molecule has 1 rings (SSSR count). The van der Waals surface area contributed by atoms with Gasteiger partial charge in [-0.05, 0) is 44.4 Å². The molecule has 0 spiro atoms. The third kappa shape index (κ3) is 6.52. The van der Waals surface area contributed by atoms with Gasteiger partial charge >= 0.3 is 5.97 Å². The molecule has 7 nitrogen and oxygen atoms in total. The van der Waals surface area contributed by atoms with Crippen LogP contribution in [0.25, 0.3) is 0 Å². The van der Waals surface area contributed by atoms with Gasteiger partial charge in [0.2, 0.25) is 11.7 Å². The largest absolute Gasteiger partial charge is 0.493 e. The number of carboxylic acid groups (broad SMARTS) is 1. The van der Waals surface area contributed by atoms with E-state index in [0.717, 1.165) is 5.56 Å². The summed E-state index contributed by atoms with van der Waals surface area (Å²) in [5.74, 6) is 0.579. The van der Waals surface area contributed by atoms with Crippen molar-refractivity contribution in [1.29, 1.82) is 0 Å². The minimum atomic E-state index is -0.875. The molecule has 0 bridgehead atoms. The van der Waals surface area contributed by atoms with Gasteiger partial charge in [0.25, 0.3) is 0 Å². The highest BCUT2D eigenvalue weighted by Crippen LogP contribution is 2.38. The minimum Gasteiger partial charge on any atom is -0.493 e. The van der Waals surface area contributed by atoms with Crippen molar-refractivity contribution in [3.8, 4) is 17.2 Å². The Morgan fingerprint density at radius 2 is 1.60 bits per heavy atom. The van der Waals surface area contributed by atoms with Crippen LogP contribution in [0.2, 0.25) is 0 Å². The number of benzene rings is 1. The van der Waals surface area contributed by atoms with E-state index in [-0.39, 0.29) is 18.7 Å². The van der Waals surface area contributed by atoms with Gasteiger partial charge in [0.15, 0.2) is 11.5 Å². The van der Waals surface area contributed by atoms with Crippen LogP contribution in [0, 0.1) is 0 Å². The van der Waals surface area contributed by atoms with E-state index in [2.05, 4.69) is 5.32 Å². The molecule has 0 radical (unpaired) electrons. The van der Waals surface area contributed by atoms with E-state index in [1.165, 1.54) is 7.11 Å². The molecule has 0 aliphatic carbocycles. The van der Waals surface area contributed by atoms with Gasteiger partial charge < -0.3 is 24.6 Å². The lowest BCUT2D eigenvalue weighted by Crippen LogP contribution is -2.43. The second-order valence-electron chi connectivity index (χ2n) is 6.36. The first-order valence-electron chi connectivity index (χ1n) is 8.04. The SMILES string of the molecule is COc1cc(CCC(=O)NC(C)(C)CCC(=O)O)cc(OC)c1OC. The highest BCUT2D eigenvalue weighted by atomic mass is 16.5. The van der Waals surface area contributed by atoms with Crippen LogP contribution in [0.4, 0.5) is 0 Å². The normalized spacial score (nSPS) is 10.9.